The zero-order valence-electron chi connectivity index (χ0n) is 19.6. The number of hydrogen-bond acceptors (Lipinski definition) is 6. The fourth-order valence-electron chi connectivity index (χ4n) is 3.32. The molecule has 3 rings (SSSR count). The second-order valence-corrected chi connectivity index (χ2v) is 9.12. The van der Waals surface area contributed by atoms with Gasteiger partial charge in [-0.05, 0) is 28.8 Å². The van der Waals surface area contributed by atoms with Crippen LogP contribution in [-0.2, 0) is 33.1 Å². The molecule has 0 saturated carbocycles. The molecular formula is C27H29N3O5S. The Morgan fingerprint density at radius 2 is 1.42 bits per heavy atom. The molecule has 0 aliphatic rings. The van der Waals surface area contributed by atoms with Crippen LogP contribution < -0.4 is 16.4 Å². The van der Waals surface area contributed by atoms with E-state index in [1.54, 1.807) is 12.1 Å². The quantitative estimate of drug-likeness (QED) is 0.298. The predicted octanol–water partition coefficient (Wildman–Crippen LogP) is 3.13. The Bertz CT molecular complexity index is 1130. The molecule has 9 heteroatoms. The fourth-order valence-corrected chi connectivity index (χ4v) is 4.34. The average Bonchev–Trinajstić information content (AvgIpc) is 2.89. The van der Waals surface area contributed by atoms with Crippen LogP contribution in [0.5, 0.6) is 5.75 Å². The molecule has 0 heterocycles. The van der Waals surface area contributed by atoms with Gasteiger partial charge in [0.05, 0.1) is 0 Å². The number of thioether (sulfide) groups is 1. The third-order valence-corrected chi connectivity index (χ3v) is 6.36. The van der Waals surface area contributed by atoms with Crippen LogP contribution in [0, 0.1) is 0 Å². The molecule has 3 amide bonds. The second-order valence-electron chi connectivity index (χ2n) is 8.09. The van der Waals surface area contributed by atoms with E-state index in [-0.39, 0.29) is 24.5 Å². The highest BCUT2D eigenvalue weighted by Crippen LogP contribution is 2.14. The van der Waals surface area contributed by atoms with Crippen molar-refractivity contribution >= 4 is 29.7 Å². The summed E-state index contributed by atoms with van der Waals surface area (Å²) in [5.41, 5.74) is 8.14. The number of nitrogens with two attached hydrogens (primary N) is 1. The van der Waals surface area contributed by atoms with E-state index in [0.29, 0.717) is 11.3 Å². The van der Waals surface area contributed by atoms with Gasteiger partial charge in [0, 0.05) is 17.9 Å². The lowest BCUT2D eigenvalue weighted by Crippen LogP contribution is -2.54. The molecular weight excluding hydrogens is 478 g/mol. The molecule has 188 valence electrons. The number of rotatable bonds is 12. The van der Waals surface area contributed by atoms with Gasteiger partial charge in [-0.15, -0.1) is 0 Å². The zero-order chi connectivity index (χ0) is 25.8. The molecule has 0 saturated heterocycles. The number of amides is 3. The summed E-state index contributed by atoms with van der Waals surface area (Å²) in [6.07, 6.45) is -0.600. The Morgan fingerprint density at radius 1 is 0.806 bits per heavy atom. The molecule has 3 aromatic rings. The van der Waals surface area contributed by atoms with Gasteiger partial charge in [0.1, 0.15) is 24.4 Å². The Kier molecular flexibility index (Phi) is 10.2. The summed E-state index contributed by atoms with van der Waals surface area (Å²) in [5, 5.41) is 14.7. The highest BCUT2D eigenvalue weighted by Gasteiger charge is 2.26. The number of phenols is 1. The molecule has 3 aromatic carbocycles. The van der Waals surface area contributed by atoms with E-state index < -0.39 is 30.0 Å². The minimum absolute atomic E-state index is 0.0585. The Balaban J connectivity index is 1.63. The Morgan fingerprint density at radius 3 is 2.03 bits per heavy atom. The summed E-state index contributed by atoms with van der Waals surface area (Å²) >= 11 is 1.47. The molecule has 0 aliphatic heterocycles. The molecule has 0 spiro atoms. The molecule has 0 aliphatic carbocycles. The van der Waals surface area contributed by atoms with E-state index in [9.17, 15) is 19.5 Å². The van der Waals surface area contributed by atoms with Crippen molar-refractivity contribution in [2.45, 2.75) is 30.9 Å². The van der Waals surface area contributed by atoms with Crippen LogP contribution in [0.2, 0.25) is 0 Å². The van der Waals surface area contributed by atoms with Crippen LogP contribution >= 0.6 is 11.8 Å². The maximum atomic E-state index is 13.1. The lowest BCUT2D eigenvalue weighted by molar-refractivity contribution is -0.128. The van der Waals surface area contributed by atoms with Crippen molar-refractivity contribution in [3.63, 3.8) is 0 Å². The van der Waals surface area contributed by atoms with Crippen molar-refractivity contribution in [1.29, 1.82) is 0 Å². The van der Waals surface area contributed by atoms with Gasteiger partial charge >= 0.3 is 6.09 Å². The largest absolute Gasteiger partial charge is 0.508 e. The van der Waals surface area contributed by atoms with Crippen LogP contribution in [0.15, 0.2) is 84.9 Å². The lowest BCUT2D eigenvalue weighted by atomic mass is 10.0. The van der Waals surface area contributed by atoms with Crippen LogP contribution in [0.3, 0.4) is 0 Å². The van der Waals surface area contributed by atoms with Gasteiger partial charge in [-0.25, -0.2) is 4.79 Å². The lowest BCUT2D eigenvalue weighted by Gasteiger charge is -2.22. The molecule has 0 fully saturated rings. The molecule has 2 atom stereocenters. The monoisotopic (exact) mass is 507 g/mol. The summed E-state index contributed by atoms with van der Waals surface area (Å²) in [4.78, 5) is 37.6. The summed E-state index contributed by atoms with van der Waals surface area (Å²) in [6, 6.07) is 23.2. The number of hydrogen-bond donors (Lipinski definition) is 4. The van der Waals surface area contributed by atoms with Gasteiger partial charge < -0.3 is 26.2 Å². The number of alkyl carbamates (subject to hydrolysis) is 1. The van der Waals surface area contributed by atoms with Crippen LogP contribution in [0.4, 0.5) is 4.79 Å². The smallest absolute Gasteiger partial charge is 0.408 e. The third kappa shape index (κ3) is 8.99. The highest BCUT2D eigenvalue weighted by molar-refractivity contribution is 7.98. The number of nitrogens with one attached hydrogen (secondary N) is 2. The number of aromatic hydroxyl groups is 1. The zero-order valence-corrected chi connectivity index (χ0v) is 20.4. The van der Waals surface area contributed by atoms with Crippen molar-refractivity contribution < 1.29 is 24.2 Å². The first kappa shape index (κ1) is 26.6. The van der Waals surface area contributed by atoms with E-state index in [1.807, 2.05) is 60.7 Å². The number of carbonyl (C=O) groups is 3. The number of benzene rings is 3. The summed E-state index contributed by atoms with van der Waals surface area (Å²) in [5.74, 6) is -0.273. The van der Waals surface area contributed by atoms with Crippen molar-refractivity contribution in [3.8, 4) is 5.75 Å². The van der Waals surface area contributed by atoms with E-state index in [0.717, 1.165) is 11.1 Å². The van der Waals surface area contributed by atoms with E-state index >= 15 is 0 Å². The van der Waals surface area contributed by atoms with Crippen molar-refractivity contribution in [2.75, 3.05) is 5.75 Å². The minimum Gasteiger partial charge on any atom is -0.508 e. The predicted molar refractivity (Wildman–Crippen MR) is 139 cm³/mol. The summed E-state index contributed by atoms with van der Waals surface area (Å²) < 4.78 is 5.28. The van der Waals surface area contributed by atoms with Crippen LogP contribution in [-0.4, -0.2) is 40.9 Å². The Labute approximate surface area is 214 Å². The van der Waals surface area contributed by atoms with Gasteiger partial charge in [0.15, 0.2) is 0 Å². The van der Waals surface area contributed by atoms with E-state index in [1.165, 1.54) is 23.9 Å². The number of carbonyl (C=O) groups excluding carboxylic acids is 3. The number of primary amides is 1. The summed E-state index contributed by atoms with van der Waals surface area (Å²) in [7, 11) is 0. The molecule has 0 bridgehead atoms. The van der Waals surface area contributed by atoms with Gasteiger partial charge in [0.2, 0.25) is 11.8 Å². The first-order valence-electron chi connectivity index (χ1n) is 11.4. The van der Waals surface area contributed by atoms with Crippen LogP contribution in [0.25, 0.3) is 0 Å². The van der Waals surface area contributed by atoms with Gasteiger partial charge in [0.25, 0.3) is 0 Å². The second kappa shape index (κ2) is 13.8. The Hall–Kier alpha value is -3.98. The first-order chi connectivity index (χ1) is 17.4. The van der Waals surface area contributed by atoms with Crippen molar-refractivity contribution in [2.24, 2.45) is 5.73 Å². The van der Waals surface area contributed by atoms with Crippen LogP contribution in [0.1, 0.15) is 16.7 Å². The molecule has 0 unspecified atom stereocenters. The number of ether oxygens (including phenoxy) is 1. The molecule has 0 aromatic heterocycles. The van der Waals surface area contributed by atoms with E-state index in [2.05, 4.69) is 10.6 Å². The average molecular weight is 508 g/mol. The van der Waals surface area contributed by atoms with Crippen molar-refractivity contribution in [3.05, 3.63) is 102 Å². The minimum atomic E-state index is -0.995. The maximum absolute atomic E-state index is 13.1. The third-order valence-electron chi connectivity index (χ3n) is 5.25. The highest BCUT2D eigenvalue weighted by atomic mass is 32.2. The topological polar surface area (TPSA) is 131 Å². The molecule has 8 nitrogen and oxygen atoms in total. The molecule has 5 N–H and O–H groups in total. The normalized spacial score (nSPS) is 12.2. The van der Waals surface area contributed by atoms with Crippen molar-refractivity contribution in [1.82, 2.24) is 10.6 Å². The maximum Gasteiger partial charge on any atom is 0.408 e. The standard InChI is InChI=1S/C27H29N3O5S/c28-25(32)23(15-19-11-13-22(31)14-12-19)29-26(33)24(18-36-17-21-9-5-2-6-10-21)30-27(34)35-16-20-7-3-1-4-8-20/h1-14,23-24,31H,15-18H2,(H2,28,32)(H,29,33)(H,30,34)/t23-,24-/m0/s1. The van der Waals surface area contributed by atoms with Gasteiger partial charge in [-0.2, -0.15) is 11.8 Å². The fraction of sp³-hybridized carbons (Fsp3) is 0.222. The van der Waals surface area contributed by atoms with Gasteiger partial charge in [-0.1, -0.05) is 72.8 Å². The molecule has 0 radical (unpaired) electrons. The first-order valence-corrected chi connectivity index (χ1v) is 12.5. The molecule has 36 heavy (non-hydrogen) atoms. The summed E-state index contributed by atoms with van der Waals surface area (Å²) in [6.45, 7) is 0.0585. The number of phenolic OH excluding ortho intramolecular Hbond substituents is 1. The van der Waals surface area contributed by atoms with Gasteiger partial charge in [-0.3, -0.25) is 9.59 Å². The SMILES string of the molecule is NC(=O)[C@H](Cc1ccc(O)cc1)NC(=O)[C@H](CSCc1ccccc1)NC(=O)OCc1ccccc1. The van der Waals surface area contributed by atoms with E-state index in [4.69, 9.17) is 10.5 Å².